The number of hydrogen-bond donors (Lipinski definition) is 2. The lowest BCUT2D eigenvalue weighted by Gasteiger charge is -2.27. The Morgan fingerprint density at radius 1 is 1.12 bits per heavy atom. The number of rotatable bonds is 4. The molecule has 0 fully saturated rings. The average Bonchev–Trinajstić information content (AvgIpc) is 2.61. The number of fused-ring (bicyclic) bond motifs is 1. The van der Waals surface area contributed by atoms with Crippen LogP contribution in [0.1, 0.15) is 30.0 Å². The molecule has 1 unspecified atom stereocenters. The van der Waals surface area contributed by atoms with Gasteiger partial charge in [-0.25, -0.2) is 13.2 Å². The minimum atomic E-state index is -3.42. The number of nitrogens with one attached hydrogen (secondary N) is 2. The second kappa shape index (κ2) is 7.37. The van der Waals surface area contributed by atoms with Crippen molar-refractivity contribution in [1.29, 1.82) is 0 Å². The summed E-state index contributed by atoms with van der Waals surface area (Å²) in [6, 6.07) is 14.6. The highest BCUT2D eigenvalue weighted by Gasteiger charge is 2.22. The fraction of sp³-hybridized carbons (Fsp3) is 0.316. The molecule has 2 N–H and O–H groups in total. The van der Waals surface area contributed by atoms with Gasteiger partial charge in [0.05, 0.1) is 23.7 Å². The second-order valence-corrected chi connectivity index (χ2v) is 8.50. The highest BCUT2D eigenvalue weighted by atomic mass is 32.2. The number of amides is 2. The number of benzene rings is 2. The van der Waals surface area contributed by atoms with Crippen LogP contribution in [0.25, 0.3) is 0 Å². The molecule has 1 aliphatic carbocycles. The summed E-state index contributed by atoms with van der Waals surface area (Å²) in [7, 11) is -1.96. The zero-order valence-corrected chi connectivity index (χ0v) is 15.7. The fourth-order valence-electron chi connectivity index (χ4n) is 3.25. The monoisotopic (exact) mass is 373 g/mol. The minimum Gasteiger partial charge on any atom is -0.331 e. The molecule has 7 heteroatoms. The molecule has 1 aliphatic rings. The van der Waals surface area contributed by atoms with Crippen molar-refractivity contribution < 1.29 is 13.2 Å². The summed E-state index contributed by atoms with van der Waals surface area (Å²) in [6.07, 6.45) is 4.06. The van der Waals surface area contributed by atoms with Gasteiger partial charge in [0.1, 0.15) is 0 Å². The molecule has 6 nitrogen and oxygen atoms in total. The molecule has 0 radical (unpaired) electrons. The van der Waals surface area contributed by atoms with E-state index in [4.69, 9.17) is 0 Å². The highest BCUT2D eigenvalue weighted by molar-refractivity contribution is 7.92. The summed E-state index contributed by atoms with van der Waals surface area (Å²) in [6.45, 7) is 0. The molecule has 3 rings (SSSR count). The molecule has 0 bridgehead atoms. The molecular weight excluding hydrogens is 350 g/mol. The topological polar surface area (TPSA) is 78.5 Å². The van der Waals surface area contributed by atoms with Gasteiger partial charge < -0.3 is 10.6 Å². The van der Waals surface area contributed by atoms with Crippen molar-refractivity contribution >= 4 is 27.4 Å². The van der Waals surface area contributed by atoms with Crippen LogP contribution in [0.2, 0.25) is 0 Å². The lowest BCUT2D eigenvalue weighted by molar-refractivity contribution is 0.247. The van der Waals surface area contributed by atoms with Crippen LogP contribution in [-0.2, 0) is 16.4 Å². The minimum absolute atomic E-state index is 0.0419. The Labute approximate surface area is 154 Å². The van der Waals surface area contributed by atoms with Crippen LogP contribution >= 0.6 is 0 Å². The largest absolute Gasteiger partial charge is 0.331 e. The van der Waals surface area contributed by atoms with Crippen LogP contribution in [0.5, 0.6) is 0 Å². The maximum absolute atomic E-state index is 12.5. The SMILES string of the molecule is CN(c1ccccc1NC(=O)NC1CCCc2ccccc21)S(C)(=O)=O. The van der Waals surface area contributed by atoms with Gasteiger partial charge in [-0.15, -0.1) is 0 Å². The van der Waals surface area contributed by atoms with E-state index in [0.29, 0.717) is 11.4 Å². The van der Waals surface area contributed by atoms with Crippen LogP contribution in [0, 0.1) is 0 Å². The summed E-state index contributed by atoms with van der Waals surface area (Å²) in [5.74, 6) is 0. The lowest BCUT2D eigenvalue weighted by atomic mass is 9.88. The van der Waals surface area contributed by atoms with E-state index in [1.165, 1.54) is 12.6 Å². The van der Waals surface area contributed by atoms with Gasteiger partial charge in [0.15, 0.2) is 0 Å². The third-order valence-corrected chi connectivity index (χ3v) is 5.86. The smallest absolute Gasteiger partial charge is 0.319 e. The fourth-order valence-corrected chi connectivity index (χ4v) is 3.77. The van der Waals surface area contributed by atoms with Gasteiger partial charge in [-0.2, -0.15) is 0 Å². The molecule has 0 spiro atoms. The summed E-state index contributed by atoms with van der Waals surface area (Å²) in [4.78, 5) is 12.5. The number of anilines is 2. The van der Waals surface area contributed by atoms with Gasteiger partial charge in [-0.05, 0) is 42.5 Å². The standard InChI is InChI=1S/C19H23N3O3S/c1-22(26(2,24)25)18-13-6-5-11-17(18)21-19(23)20-16-12-7-9-14-8-3-4-10-15(14)16/h3-6,8,10-11,13,16H,7,9,12H2,1-2H3,(H2,20,21,23). The quantitative estimate of drug-likeness (QED) is 0.863. The number of carbonyl (C=O) groups excluding carboxylic acids is 1. The summed E-state index contributed by atoms with van der Waals surface area (Å²) >= 11 is 0. The van der Waals surface area contributed by atoms with E-state index in [1.54, 1.807) is 24.3 Å². The van der Waals surface area contributed by atoms with E-state index >= 15 is 0 Å². The van der Waals surface area contributed by atoms with E-state index in [1.807, 2.05) is 18.2 Å². The molecular formula is C19H23N3O3S. The van der Waals surface area contributed by atoms with Crippen molar-refractivity contribution in [2.45, 2.75) is 25.3 Å². The Morgan fingerprint density at radius 2 is 1.81 bits per heavy atom. The van der Waals surface area contributed by atoms with Crippen molar-refractivity contribution in [1.82, 2.24) is 5.32 Å². The van der Waals surface area contributed by atoms with E-state index < -0.39 is 10.0 Å². The number of sulfonamides is 1. The third-order valence-electron chi connectivity index (χ3n) is 4.66. The number of aryl methyl sites for hydroxylation is 1. The van der Waals surface area contributed by atoms with Crippen LogP contribution in [0.4, 0.5) is 16.2 Å². The Kier molecular flexibility index (Phi) is 5.18. The number of carbonyl (C=O) groups is 1. The van der Waals surface area contributed by atoms with Gasteiger partial charge in [-0.3, -0.25) is 4.31 Å². The van der Waals surface area contributed by atoms with Gasteiger partial charge in [0.2, 0.25) is 10.0 Å². The molecule has 0 aliphatic heterocycles. The van der Waals surface area contributed by atoms with Gasteiger partial charge in [-0.1, -0.05) is 36.4 Å². The van der Waals surface area contributed by atoms with Gasteiger partial charge >= 0.3 is 6.03 Å². The first kappa shape index (κ1) is 18.3. The number of urea groups is 1. The maximum atomic E-state index is 12.5. The van der Waals surface area contributed by atoms with E-state index in [-0.39, 0.29) is 12.1 Å². The summed E-state index contributed by atoms with van der Waals surface area (Å²) in [5, 5.41) is 5.80. The van der Waals surface area contributed by atoms with E-state index in [0.717, 1.165) is 35.4 Å². The summed E-state index contributed by atoms with van der Waals surface area (Å²) in [5.41, 5.74) is 3.29. The molecule has 0 saturated carbocycles. The number of nitrogens with zero attached hydrogens (tertiary/aromatic N) is 1. The zero-order valence-electron chi connectivity index (χ0n) is 14.9. The zero-order chi connectivity index (χ0) is 18.7. The number of para-hydroxylation sites is 2. The molecule has 0 aromatic heterocycles. The Balaban J connectivity index is 1.76. The Bertz CT molecular complexity index is 912. The van der Waals surface area contributed by atoms with Gasteiger partial charge in [0.25, 0.3) is 0 Å². The average molecular weight is 373 g/mol. The molecule has 2 aromatic rings. The maximum Gasteiger partial charge on any atom is 0.319 e. The van der Waals surface area contributed by atoms with Crippen molar-refractivity contribution in [2.75, 3.05) is 22.9 Å². The number of hydrogen-bond acceptors (Lipinski definition) is 3. The first-order valence-electron chi connectivity index (χ1n) is 8.54. The van der Waals surface area contributed by atoms with Gasteiger partial charge in [0, 0.05) is 7.05 Å². The molecule has 138 valence electrons. The van der Waals surface area contributed by atoms with Crippen LogP contribution in [-0.4, -0.2) is 27.8 Å². The molecule has 0 heterocycles. The molecule has 0 saturated heterocycles. The van der Waals surface area contributed by atoms with Crippen molar-refractivity contribution in [3.05, 3.63) is 59.7 Å². The van der Waals surface area contributed by atoms with Crippen molar-refractivity contribution in [2.24, 2.45) is 0 Å². The van der Waals surface area contributed by atoms with E-state index in [2.05, 4.69) is 16.7 Å². The van der Waals surface area contributed by atoms with Crippen LogP contribution in [0.15, 0.2) is 48.5 Å². The third kappa shape index (κ3) is 3.99. The predicted octanol–water partition coefficient (Wildman–Crippen LogP) is 3.28. The summed E-state index contributed by atoms with van der Waals surface area (Å²) < 4.78 is 24.8. The second-order valence-electron chi connectivity index (χ2n) is 6.49. The molecule has 2 aromatic carbocycles. The molecule has 2 amide bonds. The first-order valence-corrected chi connectivity index (χ1v) is 10.4. The highest BCUT2D eigenvalue weighted by Crippen LogP contribution is 2.30. The van der Waals surface area contributed by atoms with Crippen LogP contribution < -0.4 is 14.9 Å². The Morgan fingerprint density at radius 3 is 2.58 bits per heavy atom. The molecule has 26 heavy (non-hydrogen) atoms. The van der Waals surface area contributed by atoms with E-state index in [9.17, 15) is 13.2 Å². The normalized spacial score (nSPS) is 16.5. The van der Waals surface area contributed by atoms with Crippen molar-refractivity contribution in [3.8, 4) is 0 Å². The first-order chi connectivity index (χ1) is 12.4. The lowest BCUT2D eigenvalue weighted by Crippen LogP contribution is -2.35. The Hall–Kier alpha value is -2.54. The van der Waals surface area contributed by atoms with Crippen molar-refractivity contribution in [3.63, 3.8) is 0 Å². The van der Waals surface area contributed by atoms with Crippen LogP contribution in [0.3, 0.4) is 0 Å². The molecule has 1 atom stereocenters. The predicted molar refractivity (Wildman–Crippen MR) is 104 cm³/mol.